The minimum Gasteiger partial charge on any atom is -0.503 e. The molecule has 1 N–H and O–H groups in total. The summed E-state index contributed by atoms with van der Waals surface area (Å²) in [5, 5.41) is 12.4. The predicted octanol–water partition coefficient (Wildman–Crippen LogP) is 5.43. The molecular weight excluding hydrogens is 482 g/mol. The van der Waals surface area contributed by atoms with Gasteiger partial charge in [-0.25, -0.2) is 0 Å². The third kappa shape index (κ3) is 4.02. The topological polar surface area (TPSA) is 85.3 Å². The molecule has 0 bridgehead atoms. The molecule has 1 heterocycles. The van der Waals surface area contributed by atoms with E-state index in [-0.39, 0.29) is 12.3 Å². The number of methoxy groups -OCH3 is 3. The number of rotatable bonds is 8. The van der Waals surface area contributed by atoms with Gasteiger partial charge >= 0.3 is 0 Å². The Morgan fingerprint density at radius 3 is 2.34 bits per heavy atom. The van der Waals surface area contributed by atoms with Gasteiger partial charge in [-0.2, -0.15) is 0 Å². The van der Waals surface area contributed by atoms with E-state index in [1.165, 1.54) is 25.2 Å². The molecule has 7 nitrogen and oxygen atoms in total. The molecular formula is C31H27NO6. The molecule has 4 aromatic carbocycles. The highest BCUT2D eigenvalue weighted by Gasteiger charge is 2.53. The standard InChI is InChI=1S/C31H27NO6/c1-36-23-11-6-8-20(16-23)19-32-30(35)26(33)18-31(32,22-14-15-27(37-2)28(17-22)38-3)29(34)25-13-7-10-21-9-4-5-12-24(21)25/h4-18,33H,19H2,1-3H3. The van der Waals surface area contributed by atoms with Crippen molar-refractivity contribution < 1.29 is 28.9 Å². The van der Waals surface area contributed by atoms with Crippen LogP contribution in [0, 0.1) is 0 Å². The van der Waals surface area contributed by atoms with Crippen LogP contribution in [0.2, 0.25) is 0 Å². The van der Waals surface area contributed by atoms with Gasteiger partial charge in [0.05, 0.1) is 21.3 Å². The van der Waals surface area contributed by atoms with Crippen molar-refractivity contribution in [2.45, 2.75) is 12.1 Å². The van der Waals surface area contributed by atoms with E-state index in [9.17, 15) is 14.7 Å². The maximum atomic E-state index is 14.7. The van der Waals surface area contributed by atoms with E-state index in [0.717, 1.165) is 16.3 Å². The number of ketones is 1. The van der Waals surface area contributed by atoms with Crippen molar-refractivity contribution in [1.82, 2.24) is 4.90 Å². The van der Waals surface area contributed by atoms with Gasteiger partial charge in [0.25, 0.3) is 5.91 Å². The van der Waals surface area contributed by atoms with Crippen LogP contribution in [-0.4, -0.2) is 43.0 Å². The second-order valence-electron chi connectivity index (χ2n) is 8.96. The van der Waals surface area contributed by atoms with Crippen molar-refractivity contribution in [2.24, 2.45) is 0 Å². The molecule has 0 saturated carbocycles. The molecule has 4 aromatic rings. The molecule has 1 unspecified atom stereocenters. The molecule has 38 heavy (non-hydrogen) atoms. The Labute approximate surface area is 220 Å². The Morgan fingerprint density at radius 1 is 0.842 bits per heavy atom. The number of hydrogen-bond donors (Lipinski definition) is 1. The number of Topliss-reactive ketones (excluding diaryl/α,β-unsaturated/α-hetero) is 1. The zero-order chi connectivity index (χ0) is 26.9. The first-order valence-electron chi connectivity index (χ1n) is 12.0. The average molecular weight is 510 g/mol. The smallest absolute Gasteiger partial charge is 0.290 e. The van der Waals surface area contributed by atoms with Crippen molar-refractivity contribution in [3.63, 3.8) is 0 Å². The summed E-state index contributed by atoms with van der Waals surface area (Å²) >= 11 is 0. The summed E-state index contributed by atoms with van der Waals surface area (Å²) in [6.45, 7) is 0.0431. The van der Waals surface area contributed by atoms with Gasteiger partial charge in [-0.05, 0) is 46.2 Å². The number of nitrogens with zero attached hydrogens (tertiary/aromatic N) is 1. The number of ether oxygens (including phenoxy) is 3. The molecule has 5 rings (SSSR count). The third-order valence-corrected chi connectivity index (χ3v) is 6.91. The van der Waals surface area contributed by atoms with Crippen LogP contribution in [0.5, 0.6) is 17.2 Å². The molecule has 0 aliphatic carbocycles. The zero-order valence-corrected chi connectivity index (χ0v) is 21.3. The molecule has 1 atom stereocenters. The van der Waals surface area contributed by atoms with Gasteiger partial charge in [0, 0.05) is 18.2 Å². The van der Waals surface area contributed by atoms with Crippen LogP contribution in [0.1, 0.15) is 21.5 Å². The van der Waals surface area contributed by atoms with Gasteiger partial charge in [-0.3, -0.25) is 9.59 Å². The second-order valence-corrected chi connectivity index (χ2v) is 8.96. The lowest BCUT2D eigenvalue weighted by Gasteiger charge is -2.37. The average Bonchev–Trinajstić information content (AvgIpc) is 3.21. The van der Waals surface area contributed by atoms with Gasteiger partial charge in [-0.15, -0.1) is 0 Å². The number of benzene rings is 4. The highest BCUT2D eigenvalue weighted by molar-refractivity contribution is 6.17. The normalized spacial score (nSPS) is 16.9. The molecule has 1 amide bonds. The molecule has 0 aromatic heterocycles. The summed E-state index contributed by atoms with van der Waals surface area (Å²) in [7, 11) is 4.59. The van der Waals surface area contributed by atoms with Gasteiger partial charge in [-0.1, -0.05) is 60.7 Å². The number of fused-ring (bicyclic) bond motifs is 1. The first-order chi connectivity index (χ1) is 18.4. The molecule has 0 spiro atoms. The molecule has 1 aliphatic heterocycles. The van der Waals surface area contributed by atoms with E-state index >= 15 is 0 Å². The number of amides is 1. The van der Waals surface area contributed by atoms with E-state index < -0.39 is 17.2 Å². The lowest BCUT2D eigenvalue weighted by atomic mass is 9.80. The summed E-state index contributed by atoms with van der Waals surface area (Å²) in [5.41, 5.74) is -0.0505. The Morgan fingerprint density at radius 2 is 1.58 bits per heavy atom. The minimum atomic E-state index is -1.66. The van der Waals surface area contributed by atoms with Gasteiger partial charge in [0.1, 0.15) is 5.75 Å². The van der Waals surface area contributed by atoms with Gasteiger partial charge in [0.15, 0.2) is 28.6 Å². The van der Waals surface area contributed by atoms with Crippen molar-refractivity contribution in [3.05, 3.63) is 113 Å². The van der Waals surface area contributed by atoms with E-state index in [0.29, 0.717) is 28.4 Å². The fourth-order valence-electron chi connectivity index (χ4n) is 5.05. The molecule has 0 saturated heterocycles. The lowest BCUT2D eigenvalue weighted by molar-refractivity contribution is -0.131. The summed E-state index contributed by atoms with van der Waals surface area (Å²) in [6.07, 6.45) is 1.33. The van der Waals surface area contributed by atoms with Crippen LogP contribution >= 0.6 is 0 Å². The third-order valence-electron chi connectivity index (χ3n) is 6.91. The van der Waals surface area contributed by atoms with Crippen molar-refractivity contribution >= 4 is 22.5 Å². The maximum Gasteiger partial charge on any atom is 0.290 e. The van der Waals surface area contributed by atoms with Crippen LogP contribution < -0.4 is 14.2 Å². The highest BCUT2D eigenvalue weighted by atomic mass is 16.5. The molecule has 7 heteroatoms. The first-order valence-corrected chi connectivity index (χ1v) is 12.0. The van der Waals surface area contributed by atoms with Crippen molar-refractivity contribution in [2.75, 3.05) is 21.3 Å². The quantitative estimate of drug-likeness (QED) is 0.319. The maximum absolute atomic E-state index is 14.7. The van der Waals surface area contributed by atoms with Gasteiger partial charge < -0.3 is 24.2 Å². The Kier molecular flexibility index (Phi) is 6.51. The van der Waals surface area contributed by atoms with Crippen molar-refractivity contribution in [3.8, 4) is 17.2 Å². The monoisotopic (exact) mass is 509 g/mol. The zero-order valence-electron chi connectivity index (χ0n) is 21.3. The Balaban J connectivity index is 1.76. The number of carbonyl (C=O) groups is 2. The summed E-state index contributed by atoms with van der Waals surface area (Å²) in [5.74, 6) is -0.0396. The number of carbonyl (C=O) groups excluding carboxylic acids is 2. The fourth-order valence-corrected chi connectivity index (χ4v) is 5.05. The van der Waals surface area contributed by atoms with Crippen LogP contribution in [0.25, 0.3) is 10.8 Å². The summed E-state index contributed by atoms with van der Waals surface area (Å²) < 4.78 is 16.3. The van der Waals surface area contributed by atoms with Crippen LogP contribution in [-0.2, 0) is 16.9 Å². The molecule has 1 aliphatic rings. The minimum absolute atomic E-state index is 0.0431. The fraction of sp³-hybridized carbons (Fsp3) is 0.161. The van der Waals surface area contributed by atoms with E-state index in [1.54, 1.807) is 43.5 Å². The van der Waals surface area contributed by atoms with E-state index in [1.807, 2.05) is 48.5 Å². The highest BCUT2D eigenvalue weighted by Crippen LogP contribution is 2.44. The molecule has 0 fully saturated rings. The summed E-state index contributed by atoms with van der Waals surface area (Å²) in [6, 6.07) is 25.4. The number of aliphatic hydroxyl groups excluding tert-OH is 1. The molecule has 0 radical (unpaired) electrons. The summed E-state index contributed by atoms with van der Waals surface area (Å²) in [4.78, 5) is 29.6. The molecule has 192 valence electrons. The first kappa shape index (κ1) is 24.9. The van der Waals surface area contributed by atoms with Crippen molar-refractivity contribution in [1.29, 1.82) is 0 Å². The van der Waals surface area contributed by atoms with Crippen LogP contribution in [0.15, 0.2) is 96.8 Å². The number of aliphatic hydroxyl groups is 1. The predicted molar refractivity (Wildman–Crippen MR) is 144 cm³/mol. The van der Waals surface area contributed by atoms with E-state index in [4.69, 9.17) is 14.2 Å². The van der Waals surface area contributed by atoms with Crippen LogP contribution in [0.3, 0.4) is 0 Å². The van der Waals surface area contributed by atoms with E-state index in [2.05, 4.69) is 0 Å². The SMILES string of the molecule is COc1cccc(CN2C(=O)C(O)=CC2(C(=O)c2cccc3ccccc23)c2ccc(OC)c(OC)c2)c1. The van der Waals surface area contributed by atoms with Crippen LogP contribution in [0.4, 0.5) is 0 Å². The Hall–Kier alpha value is -4.78. The number of hydrogen-bond acceptors (Lipinski definition) is 6. The second kappa shape index (κ2) is 9.94. The largest absolute Gasteiger partial charge is 0.503 e. The van der Waals surface area contributed by atoms with Gasteiger partial charge in [0.2, 0.25) is 0 Å². The Bertz CT molecular complexity index is 1570. The lowest BCUT2D eigenvalue weighted by Crippen LogP contribution is -2.49.